The molecule has 3 aromatic carbocycles. The topological polar surface area (TPSA) is 68.3 Å². The normalized spacial score (nSPS) is 20.9. The molecule has 2 aliphatic rings. The number of hydrogen-bond donors (Lipinski definition) is 0. The maximum atomic E-state index is 13.7. The van der Waals surface area contributed by atoms with Crippen molar-refractivity contribution in [1.82, 2.24) is 0 Å². The van der Waals surface area contributed by atoms with Gasteiger partial charge in [0.15, 0.2) is 17.6 Å². The standard InChI is InChI=1S/C29H29FN2O5/c1-3-5-17-36-23-16-11-19(18-24(23)35-4-2)26-25-27(37-32(26)22-9-7-6-8-10-22)29(34)31(28(25)33)21-14-12-20(30)13-15-21/h6-16,18,25-27H,3-5,17H2,1-2H3/t25-,26+,27-/m0/s1. The Morgan fingerprint density at radius 3 is 2.32 bits per heavy atom. The number of anilines is 2. The van der Waals surface area contributed by atoms with E-state index in [1.807, 2.05) is 55.5 Å². The van der Waals surface area contributed by atoms with Gasteiger partial charge in [-0.05, 0) is 67.4 Å². The predicted octanol–water partition coefficient (Wildman–Crippen LogP) is 5.45. The molecule has 0 saturated carbocycles. The van der Waals surface area contributed by atoms with E-state index in [2.05, 4.69) is 6.92 Å². The molecule has 0 unspecified atom stereocenters. The first kappa shape index (κ1) is 24.8. The number of benzene rings is 3. The van der Waals surface area contributed by atoms with Gasteiger partial charge in [0.25, 0.3) is 5.91 Å². The van der Waals surface area contributed by atoms with Crippen LogP contribution in [0, 0.1) is 11.7 Å². The molecule has 192 valence electrons. The van der Waals surface area contributed by atoms with Crippen molar-refractivity contribution in [2.75, 3.05) is 23.2 Å². The fraction of sp³-hybridized carbons (Fsp3) is 0.310. The highest BCUT2D eigenvalue weighted by Gasteiger charge is 2.60. The molecule has 3 atom stereocenters. The molecule has 2 aliphatic heterocycles. The van der Waals surface area contributed by atoms with E-state index in [4.69, 9.17) is 14.3 Å². The number of imide groups is 1. The molecule has 5 rings (SSSR count). The molecule has 8 heteroatoms. The summed E-state index contributed by atoms with van der Waals surface area (Å²) in [6, 6.07) is 19.6. The van der Waals surface area contributed by atoms with Crippen molar-refractivity contribution < 1.29 is 28.3 Å². The van der Waals surface area contributed by atoms with E-state index in [1.165, 1.54) is 24.3 Å². The smallest absolute Gasteiger partial charge is 0.266 e. The number of hydroxylamine groups is 1. The van der Waals surface area contributed by atoms with E-state index in [1.54, 1.807) is 5.06 Å². The largest absolute Gasteiger partial charge is 0.490 e. The first-order valence-electron chi connectivity index (χ1n) is 12.6. The minimum atomic E-state index is -1.02. The SMILES string of the molecule is CCCCOc1ccc([C@@H]2[C@@H]3C(=O)N(c4ccc(F)cc4)C(=O)[C@H]3ON2c2ccccc2)cc1OCC. The van der Waals surface area contributed by atoms with Crippen LogP contribution in [0.5, 0.6) is 11.5 Å². The van der Waals surface area contributed by atoms with Crippen LogP contribution in [0.25, 0.3) is 0 Å². The summed E-state index contributed by atoms with van der Waals surface area (Å²) in [5, 5.41) is 1.63. The Labute approximate surface area is 215 Å². The second-order valence-electron chi connectivity index (χ2n) is 8.99. The summed E-state index contributed by atoms with van der Waals surface area (Å²) < 4.78 is 25.3. The maximum Gasteiger partial charge on any atom is 0.266 e. The van der Waals surface area contributed by atoms with Crippen LogP contribution < -0.4 is 19.4 Å². The summed E-state index contributed by atoms with van der Waals surface area (Å²) in [6.45, 7) is 5.01. The molecule has 2 amide bonds. The van der Waals surface area contributed by atoms with Crippen LogP contribution in [-0.2, 0) is 14.4 Å². The quantitative estimate of drug-likeness (QED) is 0.285. The highest BCUT2D eigenvalue weighted by molar-refractivity contribution is 6.23. The highest BCUT2D eigenvalue weighted by atomic mass is 19.1. The lowest BCUT2D eigenvalue weighted by molar-refractivity contribution is -0.126. The van der Waals surface area contributed by atoms with Crippen molar-refractivity contribution in [3.63, 3.8) is 0 Å². The van der Waals surface area contributed by atoms with Crippen molar-refractivity contribution in [2.24, 2.45) is 5.92 Å². The van der Waals surface area contributed by atoms with Crippen molar-refractivity contribution in [3.05, 3.63) is 84.2 Å². The Kier molecular flexibility index (Phi) is 7.10. The van der Waals surface area contributed by atoms with Crippen molar-refractivity contribution in [2.45, 2.75) is 38.8 Å². The third-order valence-corrected chi connectivity index (χ3v) is 6.58. The molecular weight excluding hydrogens is 475 g/mol. The summed E-state index contributed by atoms with van der Waals surface area (Å²) in [6.07, 6.45) is 0.918. The fourth-order valence-corrected chi connectivity index (χ4v) is 4.82. The Bertz CT molecular complexity index is 1270. The van der Waals surface area contributed by atoms with Crippen molar-refractivity contribution >= 4 is 23.2 Å². The Morgan fingerprint density at radius 2 is 1.62 bits per heavy atom. The van der Waals surface area contributed by atoms with E-state index >= 15 is 0 Å². The van der Waals surface area contributed by atoms with Crippen molar-refractivity contribution in [3.8, 4) is 11.5 Å². The number of carbonyl (C=O) groups excluding carboxylic acids is 2. The number of unbranched alkanes of at least 4 members (excludes halogenated alkanes) is 1. The number of hydrogen-bond acceptors (Lipinski definition) is 6. The van der Waals surface area contributed by atoms with E-state index in [-0.39, 0.29) is 0 Å². The van der Waals surface area contributed by atoms with E-state index in [0.29, 0.717) is 30.4 Å². The van der Waals surface area contributed by atoms with Gasteiger partial charge in [0.2, 0.25) is 5.91 Å². The van der Waals surface area contributed by atoms with E-state index < -0.39 is 35.7 Å². The first-order valence-corrected chi connectivity index (χ1v) is 12.6. The van der Waals surface area contributed by atoms with Gasteiger partial charge in [0.1, 0.15) is 11.7 Å². The van der Waals surface area contributed by atoms with Crippen LogP contribution in [0.3, 0.4) is 0 Å². The summed E-state index contributed by atoms with van der Waals surface area (Å²) in [7, 11) is 0. The molecule has 37 heavy (non-hydrogen) atoms. The molecule has 0 aliphatic carbocycles. The third kappa shape index (κ3) is 4.64. The molecule has 0 spiro atoms. The highest BCUT2D eigenvalue weighted by Crippen LogP contribution is 2.48. The van der Waals surface area contributed by atoms with Crippen LogP contribution in [0.15, 0.2) is 72.8 Å². The fourth-order valence-electron chi connectivity index (χ4n) is 4.82. The predicted molar refractivity (Wildman–Crippen MR) is 137 cm³/mol. The van der Waals surface area contributed by atoms with Gasteiger partial charge in [-0.2, -0.15) is 0 Å². The zero-order valence-corrected chi connectivity index (χ0v) is 20.8. The van der Waals surface area contributed by atoms with Gasteiger partial charge in [-0.1, -0.05) is 37.6 Å². The van der Waals surface area contributed by atoms with Crippen LogP contribution in [0.2, 0.25) is 0 Å². The second kappa shape index (κ2) is 10.6. The van der Waals surface area contributed by atoms with Gasteiger partial charge in [-0.15, -0.1) is 0 Å². The number of halogens is 1. The summed E-state index contributed by atoms with van der Waals surface area (Å²) >= 11 is 0. The number of nitrogens with zero attached hydrogens (tertiary/aromatic N) is 2. The molecule has 0 bridgehead atoms. The molecule has 7 nitrogen and oxygen atoms in total. The molecule has 2 saturated heterocycles. The van der Waals surface area contributed by atoms with Gasteiger partial charge in [0, 0.05) is 0 Å². The first-order chi connectivity index (χ1) is 18.0. The molecule has 2 fully saturated rings. The van der Waals surface area contributed by atoms with Crippen LogP contribution in [0.4, 0.5) is 15.8 Å². The lowest BCUT2D eigenvalue weighted by atomic mass is 9.90. The van der Waals surface area contributed by atoms with Gasteiger partial charge in [-0.25, -0.2) is 14.4 Å². The van der Waals surface area contributed by atoms with Crippen LogP contribution in [0.1, 0.15) is 38.3 Å². The summed E-state index contributed by atoms with van der Waals surface area (Å²) in [5.41, 5.74) is 1.79. The van der Waals surface area contributed by atoms with E-state index in [9.17, 15) is 14.0 Å². The minimum Gasteiger partial charge on any atom is -0.490 e. The summed E-state index contributed by atoms with van der Waals surface area (Å²) in [5.74, 6) is -0.931. The van der Waals surface area contributed by atoms with Gasteiger partial charge in [-0.3, -0.25) is 14.4 Å². The Hall–Kier alpha value is -3.91. The van der Waals surface area contributed by atoms with Crippen LogP contribution in [-0.4, -0.2) is 31.1 Å². The lowest BCUT2D eigenvalue weighted by Crippen LogP contribution is -2.37. The number of carbonyl (C=O) groups is 2. The number of para-hydroxylation sites is 1. The average Bonchev–Trinajstić information content (AvgIpc) is 3.42. The number of rotatable bonds is 9. The third-order valence-electron chi connectivity index (χ3n) is 6.58. The number of fused-ring (bicyclic) bond motifs is 1. The molecule has 2 heterocycles. The summed E-state index contributed by atoms with van der Waals surface area (Å²) in [4.78, 5) is 34.4. The zero-order chi connectivity index (χ0) is 25.9. The Morgan fingerprint density at radius 1 is 0.865 bits per heavy atom. The Balaban J connectivity index is 1.55. The second-order valence-corrected chi connectivity index (χ2v) is 8.99. The number of ether oxygens (including phenoxy) is 2. The molecule has 3 aromatic rings. The maximum absolute atomic E-state index is 13.7. The molecular formula is C29H29FN2O5. The number of amides is 2. The zero-order valence-electron chi connectivity index (χ0n) is 20.8. The molecule has 0 aromatic heterocycles. The monoisotopic (exact) mass is 504 g/mol. The van der Waals surface area contributed by atoms with E-state index in [0.717, 1.165) is 29.0 Å². The lowest BCUT2D eigenvalue weighted by Gasteiger charge is -2.29. The van der Waals surface area contributed by atoms with Gasteiger partial charge in [0.05, 0.1) is 30.6 Å². The average molecular weight is 505 g/mol. The van der Waals surface area contributed by atoms with Gasteiger partial charge >= 0.3 is 0 Å². The molecule has 0 radical (unpaired) electrons. The van der Waals surface area contributed by atoms with Crippen molar-refractivity contribution in [1.29, 1.82) is 0 Å². The molecule has 0 N–H and O–H groups in total. The minimum absolute atomic E-state index is 0.314. The van der Waals surface area contributed by atoms with Crippen LogP contribution >= 0.6 is 0 Å². The van der Waals surface area contributed by atoms with Gasteiger partial charge < -0.3 is 9.47 Å².